The summed E-state index contributed by atoms with van der Waals surface area (Å²) in [4.78, 5) is 4.02. The maximum Gasteiger partial charge on any atom is 0.181 e. The molecule has 21 heavy (non-hydrogen) atoms. The molecular weight excluding hydrogens is 260 g/mol. The molecule has 4 aromatic rings. The van der Waals surface area contributed by atoms with Crippen molar-refractivity contribution in [1.29, 1.82) is 0 Å². The summed E-state index contributed by atoms with van der Waals surface area (Å²) < 4.78 is 7.72. The minimum atomic E-state index is 0.804. The summed E-state index contributed by atoms with van der Waals surface area (Å²) in [6.45, 7) is 0.843. The minimum Gasteiger partial charge on any atom is -0.443 e. The molecule has 3 heteroatoms. The van der Waals surface area contributed by atoms with Crippen molar-refractivity contribution in [3.8, 4) is 11.3 Å². The molecule has 0 N–H and O–H groups in total. The van der Waals surface area contributed by atoms with Gasteiger partial charge in [-0.3, -0.25) is 0 Å². The minimum absolute atomic E-state index is 0.804. The highest BCUT2D eigenvalue weighted by molar-refractivity contribution is 5.94. The third kappa shape index (κ3) is 2.13. The molecule has 2 heterocycles. The van der Waals surface area contributed by atoms with Crippen LogP contribution in [0.3, 0.4) is 0 Å². The second kappa shape index (κ2) is 4.94. The van der Waals surface area contributed by atoms with Crippen molar-refractivity contribution >= 4 is 10.9 Å². The van der Waals surface area contributed by atoms with Gasteiger partial charge in [0.2, 0.25) is 0 Å². The molecule has 0 spiro atoms. The first-order valence-electron chi connectivity index (χ1n) is 6.92. The Morgan fingerprint density at radius 3 is 2.57 bits per heavy atom. The van der Waals surface area contributed by atoms with Gasteiger partial charge in [0, 0.05) is 29.2 Å². The van der Waals surface area contributed by atoms with Crippen LogP contribution in [0.1, 0.15) is 5.56 Å². The lowest BCUT2D eigenvalue weighted by Gasteiger charge is -2.05. The molecule has 0 aliphatic rings. The van der Waals surface area contributed by atoms with E-state index in [1.54, 1.807) is 6.20 Å². The predicted octanol–water partition coefficient (Wildman–Crippen LogP) is 4.34. The van der Waals surface area contributed by atoms with Crippen LogP contribution in [0.5, 0.6) is 0 Å². The second-order valence-electron chi connectivity index (χ2n) is 5.04. The largest absolute Gasteiger partial charge is 0.443 e. The average Bonchev–Trinajstić information content (AvgIpc) is 3.17. The van der Waals surface area contributed by atoms with Gasteiger partial charge in [0.25, 0.3) is 0 Å². The van der Waals surface area contributed by atoms with Crippen LogP contribution in [0.25, 0.3) is 22.2 Å². The van der Waals surface area contributed by atoms with E-state index in [2.05, 4.69) is 64.3 Å². The number of benzene rings is 2. The van der Waals surface area contributed by atoms with Gasteiger partial charge in [-0.1, -0.05) is 48.5 Å². The first kappa shape index (κ1) is 12.0. The van der Waals surface area contributed by atoms with Crippen molar-refractivity contribution in [1.82, 2.24) is 9.55 Å². The Balaban J connectivity index is 1.86. The number of fused-ring (bicyclic) bond motifs is 1. The zero-order valence-corrected chi connectivity index (χ0v) is 11.4. The Bertz CT molecular complexity index is 861. The van der Waals surface area contributed by atoms with Gasteiger partial charge in [-0.25, -0.2) is 4.98 Å². The molecule has 0 bridgehead atoms. The fraction of sp³-hybridized carbons (Fsp3) is 0.0556. The van der Waals surface area contributed by atoms with Crippen molar-refractivity contribution in [2.75, 3.05) is 0 Å². The van der Waals surface area contributed by atoms with Crippen molar-refractivity contribution < 1.29 is 4.42 Å². The molecule has 0 aliphatic carbocycles. The molecule has 2 aromatic heterocycles. The van der Waals surface area contributed by atoms with E-state index in [0.717, 1.165) is 17.9 Å². The molecule has 3 nitrogen and oxygen atoms in total. The summed E-state index contributed by atoms with van der Waals surface area (Å²) in [6.07, 6.45) is 5.37. The van der Waals surface area contributed by atoms with Crippen LogP contribution in [0.2, 0.25) is 0 Å². The van der Waals surface area contributed by atoms with E-state index in [-0.39, 0.29) is 0 Å². The van der Waals surface area contributed by atoms with Crippen molar-refractivity contribution in [2.45, 2.75) is 6.54 Å². The molecule has 2 aromatic carbocycles. The van der Waals surface area contributed by atoms with Gasteiger partial charge in [-0.2, -0.15) is 0 Å². The highest BCUT2D eigenvalue weighted by Gasteiger charge is 2.12. The topological polar surface area (TPSA) is 31.0 Å². The second-order valence-corrected chi connectivity index (χ2v) is 5.04. The van der Waals surface area contributed by atoms with Crippen LogP contribution in [0, 0.1) is 0 Å². The Morgan fingerprint density at radius 2 is 1.76 bits per heavy atom. The van der Waals surface area contributed by atoms with Gasteiger partial charge in [-0.15, -0.1) is 0 Å². The van der Waals surface area contributed by atoms with Crippen LogP contribution in [-0.2, 0) is 6.54 Å². The van der Waals surface area contributed by atoms with Crippen LogP contribution in [0.15, 0.2) is 77.8 Å². The van der Waals surface area contributed by atoms with E-state index in [1.807, 2.05) is 6.07 Å². The number of oxazole rings is 1. The first-order valence-corrected chi connectivity index (χ1v) is 6.92. The van der Waals surface area contributed by atoms with E-state index < -0.39 is 0 Å². The van der Waals surface area contributed by atoms with Crippen molar-refractivity contribution in [3.05, 3.63) is 78.9 Å². The van der Waals surface area contributed by atoms with Crippen LogP contribution in [-0.4, -0.2) is 9.55 Å². The fourth-order valence-corrected chi connectivity index (χ4v) is 2.70. The summed E-state index contributed by atoms with van der Waals surface area (Å²) in [6, 6.07) is 18.8. The van der Waals surface area contributed by atoms with Crippen LogP contribution in [0.4, 0.5) is 0 Å². The van der Waals surface area contributed by atoms with Gasteiger partial charge < -0.3 is 8.98 Å². The molecule has 0 saturated heterocycles. The molecule has 0 atom stereocenters. The third-order valence-electron chi connectivity index (χ3n) is 3.68. The third-order valence-corrected chi connectivity index (χ3v) is 3.68. The lowest BCUT2D eigenvalue weighted by molar-refractivity contribution is 0.572. The smallest absolute Gasteiger partial charge is 0.181 e. The lowest BCUT2D eigenvalue weighted by atomic mass is 10.1. The highest BCUT2D eigenvalue weighted by atomic mass is 16.3. The van der Waals surface area contributed by atoms with E-state index in [1.165, 1.54) is 22.9 Å². The van der Waals surface area contributed by atoms with E-state index in [4.69, 9.17) is 4.42 Å². The molecule has 0 fully saturated rings. The highest BCUT2D eigenvalue weighted by Crippen LogP contribution is 2.30. The molecule has 0 unspecified atom stereocenters. The summed E-state index contributed by atoms with van der Waals surface area (Å²) >= 11 is 0. The number of rotatable bonds is 3. The molecule has 0 radical (unpaired) electrons. The fourth-order valence-electron chi connectivity index (χ4n) is 2.70. The van der Waals surface area contributed by atoms with Gasteiger partial charge >= 0.3 is 0 Å². The summed E-state index contributed by atoms with van der Waals surface area (Å²) in [7, 11) is 0. The predicted molar refractivity (Wildman–Crippen MR) is 83.0 cm³/mol. The van der Waals surface area contributed by atoms with Crippen LogP contribution >= 0.6 is 0 Å². The Hall–Kier alpha value is -2.81. The van der Waals surface area contributed by atoms with E-state index in [9.17, 15) is 0 Å². The maximum atomic E-state index is 5.47. The summed E-state index contributed by atoms with van der Waals surface area (Å²) in [5.41, 5.74) is 3.56. The van der Waals surface area contributed by atoms with E-state index in [0.29, 0.717) is 0 Å². The number of nitrogens with zero attached hydrogens (tertiary/aromatic N) is 2. The number of aromatic nitrogens is 2. The van der Waals surface area contributed by atoms with Gasteiger partial charge in [0.15, 0.2) is 12.2 Å². The monoisotopic (exact) mass is 274 g/mol. The average molecular weight is 274 g/mol. The molecule has 0 amide bonds. The molecule has 102 valence electrons. The zero-order valence-electron chi connectivity index (χ0n) is 11.4. The number of hydrogen-bond acceptors (Lipinski definition) is 2. The lowest BCUT2D eigenvalue weighted by Crippen LogP contribution is -1.97. The molecule has 4 rings (SSSR count). The standard InChI is InChI=1S/C18H14N2O/c1-2-6-14(7-3-1)11-20-12-16(18-10-19-13-21-18)15-8-4-5-9-17(15)20/h1-10,12-13H,11H2. The SMILES string of the molecule is c1ccc(Cn2cc(-c3cnco3)c3ccccc32)cc1. The summed E-state index contributed by atoms with van der Waals surface area (Å²) in [5.74, 6) is 0.804. The molecule has 0 aliphatic heterocycles. The molecular formula is C18H14N2O. The van der Waals surface area contributed by atoms with E-state index >= 15 is 0 Å². The van der Waals surface area contributed by atoms with Crippen molar-refractivity contribution in [2.24, 2.45) is 0 Å². The van der Waals surface area contributed by atoms with Crippen molar-refractivity contribution in [3.63, 3.8) is 0 Å². The van der Waals surface area contributed by atoms with Crippen LogP contribution < -0.4 is 0 Å². The van der Waals surface area contributed by atoms with Gasteiger partial charge in [-0.05, 0) is 11.6 Å². The normalized spacial score (nSPS) is 11.0. The number of para-hydroxylation sites is 1. The quantitative estimate of drug-likeness (QED) is 0.556. The molecule has 0 saturated carbocycles. The van der Waals surface area contributed by atoms with Gasteiger partial charge in [0.1, 0.15) is 0 Å². The Morgan fingerprint density at radius 1 is 0.952 bits per heavy atom. The number of hydrogen-bond donors (Lipinski definition) is 0. The summed E-state index contributed by atoms with van der Waals surface area (Å²) in [5, 5.41) is 1.19. The van der Waals surface area contributed by atoms with Gasteiger partial charge in [0.05, 0.1) is 6.20 Å². The maximum absolute atomic E-state index is 5.47. The first-order chi connectivity index (χ1) is 10.4. The zero-order chi connectivity index (χ0) is 14.1. The Kier molecular flexibility index (Phi) is 2.82. The Labute approximate surface area is 122 Å².